The van der Waals surface area contributed by atoms with Crippen molar-refractivity contribution in [3.05, 3.63) is 12.2 Å². The van der Waals surface area contributed by atoms with Crippen LogP contribution in [0.25, 0.3) is 0 Å². The van der Waals surface area contributed by atoms with Crippen molar-refractivity contribution in [2.75, 3.05) is 6.61 Å². The maximum Gasteiger partial charge on any atom is 0.306 e. The van der Waals surface area contributed by atoms with Crippen molar-refractivity contribution >= 4 is 11.8 Å². The van der Waals surface area contributed by atoms with Gasteiger partial charge in [-0.05, 0) is 50.9 Å². The van der Waals surface area contributed by atoms with Crippen molar-refractivity contribution in [3.8, 4) is 0 Å². The van der Waals surface area contributed by atoms with Crippen LogP contribution in [0.15, 0.2) is 12.2 Å². The van der Waals surface area contributed by atoms with Gasteiger partial charge >= 0.3 is 5.97 Å². The van der Waals surface area contributed by atoms with E-state index in [1.54, 1.807) is 6.92 Å². The van der Waals surface area contributed by atoms with Crippen LogP contribution in [0, 0.1) is 11.8 Å². The fraction of sp³-hybridized carbons (Fsp3) is 0.810. The Morgan fingerprint density at radius 2 is 1.75 bits per heavy atom. The highest BCUT2D eigenvalue weighted by Crippen LogP contribution is 2.16. The molecule has 0 bridgehead atoms. The highest BCUT2D eigenvalue weighted by molar-refractivity contribution is 5.75. The van der Waals surface area contributed by atoms with Gasteiger partial charge in [0.15, 0.2) is 0 Å². The van der Waals surface area contributed by atoms with Gasteiger partial charge in [-0.1, -0.05) is 52.2 Å². The van der Waals surface area contributed by atoms with Gasteiger partial charge in [-0.3, -0.25) is 4.79 Å². The Labute approximate surface area is 149 Å². The molecule has 1 unspecified atom stereocenters. The Morgan fingerprint density at radius 1 is 1.04 bits per heavy atom. The van der Waals surface area contributed by atoms with E-state index in [1.165, 1.54) is 12.8 Å². The predicted octanol–water partition coefficient (Wildman–Crippen LogP) is 5.87. The van der Waals surface area contributed by atoms with Crippen LogP contribution in [-0.2, 0) is 14.3 Å². The van der Waals surface area contributed by atoms with E-state index in [-0.39, 0.29) is 5.97 Å². The number of unbranched alkanes of at least 4 members (excludes halogenated alkanes) is 4. The number of allylic oxidation sites excluding steroid dienone is 2. The van der Waals surface area contributed by atoms with Gasteiger partial charge in [0.2, 0.25) is 0 Å². The molecule has 24 heavy (non-hydrogen) atoms. The van der Waals surface area contributed by atoms with Crippen LogP contribution in [0.2, 0.25) is 0 Å². The zero-order chi connectivity index (χ0) is 18.2. The predicted molar refractivity (Wildman–Crippen MR) is 101 cm³/mol. The van der Waals surface area contributed by atoms with Gasteiger partial charge in [0.25, 0.3) is 0 Å². The van der Waals surface area contributed by atoms with Crippen LogP contribution in [0.4, 0.5) is 0 Å². The molecule has 0 N–H and O–H groups in total. The number of carbonyl (C=O) groups excluding carboxylic acids is 2. The fourth-order valence-electron chi connectivity index (χ4n) is 2.49. The molecule has 0 aromatic rings. The second-order valence-electron chi connectivity index (χ2n) is 7.24. The number of ketones is 1. The van der Waals surface area contributed by atoms with Crippen molar-refractivity contribution in [1.82, 2.24) is 0 Å². The molecular weight excluding hydrogens is 300 g/mol. The summed E-state index contributed by atoms with van der Waals surface area (Å²) >= 11 is 0. The zero-order valence-electron chi connectivity index (χ0n) is 16.3. The van der Waals surface area contributed by atoms with Crippen LogP contribution >= 0.6 is 0 Å². The fourth-order valence-corrected chi connectivity index (χ4v) is 2.49. The summed E-state index contributed by atoms with van der Waals surface area (Å²) in [6.45, 7) is 8.61. The first-order valence-corrected chi connectivity index (χ1v) is 9.75. The maximum absolute atomic E-state index is 11.8. The quantitative estimate of drug-likeness (QED) is 0.213. The topological polar surface area (TPSA) is 43.4 Å². The molecule has 1 atom stereocenters. The first-order valence-electron chi connectivity index (χ1n) is 9.75. The van der Waals surface area contributed by atoms with Crippen molar-refractivity contribution in [3.63, 3.8) is 0 Å². The molecule has 0 amide bonds. The van der Waals surface area contributed by atoms with Crippen LogP contribution in [-0.4, -0.2) is 18.4 Å². The maximum atomic E-state index is 11.8. The average molecular weight is 339 g/mol. The van der Waals surface area contributed by atoms with E-state index in [0.29, 0.717) is 30.6 Å². The summed E-state index contributed by atoms with van der Waals surface area (Å²) in [5, 5.41) is 0. The van der Waals surface area contributed by atoms with E-state index in [9.17, 15) is 9.59 Å². The number of hydrogen-bond donors (Lipinski definition) is 0. The van der Waals surface area contributed by atoms with E-state index >= 15 is 0 Å². The van der Waals surface area contributed by atoms with Crippen LogP contribution < -0.4 is 0 Å². The van der Waals surface area contributed by atoms with Gasteiger partial charge in [-0.15, -0.1) is 0 Å². The molecule has 0 spiro atoms. The summed E-state index contributed by atoms with van der Waals surface area (Å²) < 4.78 is 5.30. The van der Waals surface area contributed by atoms with E-state index < -0.39 is 0 Å². The smallest absolute Gasteiger partial charge is 0.306 e. The van der Waals surface area contributed by atoms with E-state index in [1.807, 2.05) is 0 Å². The largest absolute Gasteiger partial charge is 0.466 e. The van der Waals surface area contributed by atoms with Crippen molar-refractivity contribution < 1.29 is 14.3 Å². The van der Waals surface area contributed by atoms with Gasteiger partial charge < -0.3 is 9.53 Å². The molecule has 0 radical (unpaired) electrons. The highest BCUT2D eigenvalue weighted by Gasteiger charge is 2.12. The highest BCUT2D eigenvalue weighted by atomic mass is 16.5. The van der Waals surface area contributed by atoms with E-state index in [4.69, 9.17) is 4.74 Å². The first kappa shape index (κ1) is 22.9. The summed E-state index contributed by atoms with van der Waals surface area (Å²) in [7, 11) is 0. The molecule has 0 fully saturated rings. The normalized spacial score (nSPS) is 12.7. The molecule has 140 valence electrons. The molecule has 0 rings (SSSR count). The Balaban J connectivity index is 3.69. The second-order valence-corrected chi connectivity index (χ2v) is 7.24. The lowest BCUT2D eigenvalue weighted by Gasteiger charge is -2.12. The van der Waals surface area contributed by atoms with Gasteiger partial charge in [-0.2, -0.15) is 0 Å². The standard InChI is InChI=1S/C21H38O3/c1-5-20(17-21(23)24-16-15-18(2)3)14-12-10-8-6-7-9-11-13-19(4)22/h10,12,18,20H,5-9,11,13-17H2,1-4H3/b12-10+. The second kappa shape index (κ2) is 15.4. The minimum Gasteiger partial charge on any atom is -0.466 e. The number of hydrogen-bond acceptors (Lipinski definition) is 3. The van der Waals surface area contributed by atoms with Crippen LogP contribution in [0.5, 0.6) is 0 Å². The lowest BCUT2D eigenvalue weighted by Crippen LogP contribution is -2.12. The third-order valence-corrected chi connectivity index (χ3v) is 4.28. The zero-order valence-corrected chi connectivity index (χ0v) is 16.3. The molecule has 0 aliphatic carbocycles. The van der Waals surface area contributed by atoms with Gasteiger partial charge in [0.05, 0.1) is 6.61 Å². The molecule has 0 aliphatic rings. The molecule has 3 heteroatoms. The van der Waals surface area contributed by atoms with Gasteiger partial charge in [-0.25, -0.2) is 0 Å². The Bertz CT molecular complexity index is 358. The number of carbonyl (C=O) groups is 2. The minimum absolute atomic E-state index is 0.0543. The summed E-state index contributed by atoms with van der Waals surface area (Å²) in [6, 6.07) is 0. The lowest BCUT2D eigenvalue weighted by molar-refractivity contribution is -0.145. The molecule has 0 saturated heterocycles. The first-order chi connectivity index (χ1) is 11.5. The van der Waals surface area contributed by atoms with E-state index in [2.05, 4.69) is 32.9 Å². The third-order valence-electron chi connectivity index (χ3n) is 4.28. The van der Waals surface area contributed by atoms with Gasteiger partial charge in [0, 0.05) is 12.8 Å². The molecule has 0 aliphatic heterocycles. The minimum atomic E-state index is -0.0543. The Kier molecular flexibility index (Phi) is 14.7. The summed E-state index contributed by atoms with van der Waals surface area (Å²) in [4.78, 5) is 22.6. The van der Waals surface area contributed by atoms with Crippen molar-refractivity contribution in [2.24, 2.45) is 11.8 Å². The number of Topliss-reactive ketones (excluding diaryl/α,β-unsaturated/α-hetero) is 1. The molecule has 0 saturated carbocycles. The van der Waals surface area contributed by atoms with Crippen molar-refractivity contribution in [1.29, 1.82) is 0 Å². The van der Waals surface area contributed by atoms with E-state index in [0.717, 1.165) is 44.9 Å². The van der Waals surface area contributed by atoms with Crippen LogP contribution in [0.3, 0.4) is 0 Å². The van der Waals surface area contributed by atoms with Crippen LogP contribution in [0.1, 0.15) is 91.9 Å². The molecule has 0 heterocycles. The Hall–Kier alpha value is -1.12. The third kappa shape index (κ3) is 15.8. The summed E-state index contributed by atoms with van der Waals surface area (Å²) in [5.41, 5.74) is 0. The lowest BCUT2D eigenvalue weighted by atomic mass is 9.98. The average Bonchev–Trinajstić information content (AvgIpc) is 2.51. The molecular formula is C21H38O3. The number of esters is 1. The van der Waals surface area contributed by atoms with Gasteiger partial charge in [0.1, 0.15) is 5.78 Å². The van der Waals surface area contributed by atoms with Crippen molar-refractivity contribution in [2.45, 2.75) is 91.9 Å². The SMILES string of the molecule is CCC(C/C=C/CCCCCCC(C)=O)CC(=O)OCCC(C)C. The number of rotatable bonds is 15. The Morgan fingerprint density at radius 3 is 2.38 bits per heavy atom. The molecule has 3 nitrogen and oxygen atoms in total. The summed E-state index contributed by atoms with van der Waals surface area (Å²) in [5.74, 6) is 1.21. The monoisotopic (exact) mass is 338 g/mol. The summed E-state index contributed by atoms with van der Waals surface area (Å²) in [6.07, 6.45) is 14.2. The molecule has 0 aromatic carbocycles. The molecule has 0 aromatic heterocycles. The number of ether oxygens (including phenoxy) is 1.